The molecule has 1 aliphatic heterocycles. The number of carbonyl (C=O) groups excluding carboxylic acids is 2. The fourth-order valence-corrected chi connectivity index (χ4v) is 2.48. The molecule has 0 radical (unpaired) electrons. The number of nitrogens with zero attached hydrogens (tertiary/aromatic N) is 3. The molecule has 0 saturated carbocycles. The van der Waals surface area contributed by atoms with Gasteiger partial charge in [-0.05, 0) is 25.5 Å². The second-order valence-corrected chi connectivity index (χ2v) is 4.96. The van der Waals surface area contributed by atoms with Crippen molar-refractivity contribution in [2.75, 3.05) is 5.73 Å². The van der Waals surface area contributed by atoms with Gasteiger partial charge in [0.2, 0.25) is 0 Å². The topological polar surface area (TPSA) is 99.4 Å². The molecule has 0 bridgehead atoms. The first kappa shape index (κ1) is 12.6. The van der Waals surface area contributed by atoms with Gasteiger partial charge in [0.15, 0.2) is 23.1 Å². The molecule has 2 aliphatic rings. The Balaban J connectivity index is 2.10. The second kappa shape index (κ2) is 4.29. The van der Waals surface area contributed by atoms with E-state index in [2.05, 4.69) is 4.99 Å². The summed E-state index contributed by atoms with van der Waals surface area (Å²) in [4.78, 5) is 39.6. The SMILES string of the molecule is CC1C(=O)C=CC(=Nc2c(N)n3n(c2=O)CCC3)C1=O. The fraction of sp³-hybridized carbons (Fsp3) is 0.385. The Morgan fingerprint density at radius 3 is 2.60 bits per heavy atom. The van der Waals surface area contributed by atoms with Gasteiger partial charge in [0.05, 0.1) is 5.92 Å². The van der Waals surface area contributed by atoms with Gasteiger partial charge in [-0.25, -0.2) is 9.67 Å². The number of allylic oxidation sites excluding steroid dienone is 2. The van der Waals surface area contributed by atoms with E-state index in [-0.39, 0.29) is 34.3 Å². The molecule has 1 unspecified atom stereocenters. The molecule has 104 valence electrons. The standard InChI is InChI=1S/C13H14N4O3/c1-7-9(18)4-3-8(11(7)19)15-10-12(14)16-5-2-6-17(16)13(10)20/h3-4,7H,2,5-6,14H2,1H3. The highest BCUT2D eigenvalue weighted by Gasteiger charge is 2.28. The number of fused-ring (bicyclic) bond motifs is 1. The van der Waals surface area contributed by atoms with Gasteiger partial charge >= 0.3 is 0 Å². The van der Waals surface area contributed by atoms with Gasteiger partial charge in [0.25, 0.3) is 5.56 Å². The summed E-state index contributed by atoms with van der Waals surface area (Å²) in [5, 5.41) is 0. The quantitative estimate of drug-likeness (QED) is 0.731. The molecule has 1 atom stereocenters. The number of nitrogens with two attached hydrogens (primary N) is 1. The average Bonchev–Trinajstić information content (AvgIpc) is 2.99. The zero-order valence-electron chi connectivity index (χ0n) is 11.0. The van der Waals surface area contributed by atoms with Crippen molar-refractivity contribution in [2.24, 2.45) is 10.9 Å². The van der Waals surface area contributed by atoms with Gasteiger partial charge in [-0.15, -0.1) is 0 Å². The molecule has 2 heterocycles. The predicted molar refractivity (Wildman–Crippen MR) is 73.1 cm³/mol. The minimum atomic E-state index is -0.753. The van der Waals surface area contributed by atoms with Crippen molar-refractivity contribution >= 4 is 28.8 Å². The zero-order chi connectivity index (χ0) is 14.4. The van der Waals surface area contributed by atoms with Crippen LogP contribution in [0.2, 0.25) is 0 Å². The highest BCUT2D eigenvalue weighted by atomic mass is 16.2. The first-order valence-electron chi connectivity index (χ1n) is 6.44. The summed E-state index contributed by atoms with van der Waals surface area (Å²) in [5.74, 6) is -1.12. The molecule has 1 aliphatic carbocycles. The Labute approximate surface area is 114 Å². The summed E-state index contributed by atoms with van der Waals surface area (Å²) < 4.78 is 3.20. The maximum Gasteiger partial charge on any atom is 0.294 e. The molecule has 2 N–H and O–H groups in total. The maximum absolute atomic E-state index is 12.2. The van der Waals surface area contributed by atoms with Crippen LogP contribution < -0.4 is 11.3 Å². The third-order valence-corrected chi connectivity index (χ3v) is 3.70. The summed E-state index contributed by atoms with van der Waals surface area (Å²) >= 11 is 0. The van der Waals surface area contributed by atoms with Crippen LogP contribution in [0.1, 0.15) is 13.3 Å². The third-order valence-electron chi connectivity index (χ3n) is 3.70. The van der Waals surface area contributed by atoms with E-state index < -0.39 is 5.92 Å². The number of nitrogen functional groups attached to an aromatic ring is 1. The van der Waals surface area contributed by atoms with Crippen LogP contribution in [-0.4, -0.2) is 26.6 Å². The molecule has 7 heteroatoms. The van der Waals surface area contributed by atoms with Gasteiger partial charge in [-0.2, -0.15) is 0 Å². The first-order chi connectivity index (χ1) is 9.50. The number of ketones is 2. The molecule has 1 aromatic rings. The fourth-order valence-electron chi connectivity index (χ4n) is 2.48. The van der Waals surface area contributed by atoms with Crippen LogP contribution >= 0.6 is 0 Å². The summed E-state index contributed by atoms with van der Waals surface area (Å²) in [6.45, 7) is 2.80. The molecular weight excluding hydrogens is 260 g/mol. The van der Waals surface area contributed by atoms with E-state index in [0.29, 0.717) is 13.1 Å². The smallest absolute Gasteiger partial charge is 0.294 e. The molecule has 0 aromatic carbocycles. The summed E-state index contributed by atoms with van der Waals surface area (Å²) in [6, 6.07) is 0. The third kappa shape index (κ3) is 1.66. The monoisotopic (exact) mass is 274 g/mol. The van der Waals surface area contributed by atoms with Crippen LogP contribution in [0.4, 0.5) is 11.5 Å². The van der Waals surface area contributed by atoms with Crippen LogP contribution in [0.15, 0.2) is 21.9 Å². The van der Waals surface area contributed by atoms with Crippen molar-refractivity contribution in [3.05, 3.63) is 22.5 Å². The molecule has 0 spiro atoms. The largest absolute Gasteiger partial charge is 0.382 e. The van der Waals surface area contributed by atoms with Crippen LogP contribution in [0.25, 0.3) is 0 Å². The molecule has 20 heavy (non-hydrogen) atoms. The lowest BCUT2D eigenvalue weighted by Crippen LogP contribution is -2.30. The summed E-state index contributed by atoms with van der Waals surface area (Å²) in [7, 11) is 0. The van der Waals surface area contributed by atoms with Crippen molar-refractivity contribution in [3.8, 4) is 0 Å². The molecule has 7 nitrogen and oxygen atoms in total. The summed E-state index contributed by atoms with van der Waals surface area (Å²) in [5.41, 5.74) is 5.80. The minimum Gasteiger partial charge on any atom is -0.382 e. The molecule has 1 aromatic heterocycles. The lowest BCUT2D eigenvalue weighted by atomic mass is 9.92. The number of rotatable bonds is 1. The predicted octanol–water partition coefficient (Wildman–Crippen LogP) is 0.0523. The number of carbonyl (C=O) groups is 2. The highest BCUT2D eigenvalue weighted by Crippen LogP contribution is 2.23. The maximum atomic E-state index is 12.2. The van der Waals surface area contributed by atoms with Crippen molar-refractivity contribution in [2.45, 2.75) is 26.4 Å². The van der Waals surface area contributed by atoms with Crippen molar-refractivity contribution in [1.82, 2.24) is 9.36 Å². The molecular formula is C13H14N4O3. The van der Waals surface area contributed by atoms with Gasteiger partial charge in [0.1, 0.15) is 5.71 Å². The van der Waals surface area contributed by atoms with Crippen LogP contribution in [0.5, 0.6) is 0 Å². The number of Topliss-reactive ketones (excluding diaryl/α,β-unsaturated/α-hetero) is 1. The van der Waals surface area contributed by atoms with Gasteiger partial charge in [0, 0.05) is 13.1 Å². The Morgan fingerprint density at radius 2 is 1.90 bits per heavy atom. The van der Waals surface area contributed by atoms with Crippen LogP contribution in [0.3, 0.4) is 0 Å². The zero-order valence-corrected chi connectivity index (χ0v) is 11.0. The van der Waals surface area contributed by atoms with Crippen molar-refractivity contribution in [1.29, 1.82) is 0 Å². The molecule has 0 saturated heterocycles. The second-order valence-electron chi connectivity index (χ2n) is 4.96. The van der Waals surface area contributed by atoms with E-state index in [1.807, 2.05) is 0 Å². The van der Waals surface area contributed by atoms with E-state index in [4.69, 9.17) is 5.73 Å². The minimum absolute atomic E-state index is 0.0826. The number of hydrogen-bond donors (Lipinski definition) is 1. The number of aromatic nitrogens is 2. The Kier molecular flexibility index (Phi) is 2.70. The molecule has 0 fully saturated rings. The molecule has 3 rings (SSSR count). The van der Waals surface area contributed by atoms with E-state index in [9.17, 15) is 14.4 Å². The van der Waals surface area contributed by atoms with Gasteiger partial charge in [-0.1, -0.05) is 0 Å². The van der Waals surface area contributed by atoms with E-state index >= 15 is 0 Å². The summed E-state index contributed by atoms with van der Waals surface area (Å²) in [6.07, 6.45) is 3.51. The normalized spacial score (nSPS) is 23.6. The van der Waals surface area contributed by atoms with E-state index in [1.54, 1.807) is 4.68 Å². The van der Waals surface area contributed by atoms with Crippen molar-refractivity contribution < 1.29 is 9.59 Å². The van der Waals surface area contributed by atoms with Crippen molar-refractivity contribution in [3.63, 3.8) is 0 Å². The number of aliphatic imine (C=N–C) groups is 1. The Bertz CT molecular complexity index is 736. The van der Waals surface area contributed by atoms with Crippen LogP contribution in [0, 0.1) is 5.92 Å². The molecule has 0 amide bonds. The highest BCUT2D eigenvalue weighted by molar-refractivity contribution is 6.50. The van der Waals surface area contributed by atoms with Gasteiger partial charge < -0.3 is 5.73 Å². The number of anilines is 1. The lowest BCUT2D eigenvalue weighted by molar-refractivity contribution is -0.126. The first-order valence-corrected chi connectivity index (χ1v) is 6.44. The van der Waals surface area contributed by atoms with Crippen LogP contribution in [-0.2, 0) is 22.7 Å². The average molecular weight is 274 g/mol. The Morgan fingerprint density at radius 1 is 1.20 bits per heavy atom. The van der Waals surface area contributed by atoms with E-state index in [0.717, 1.165) is 6.42 Å². The lowest BCUT2D eigenvalue weighted by Gasteiger charge is -2.11. The van der Waals surface area contributed by atoms with E-state index in [1.165, 1.54) is 23.8 Å². The van der Waals surface area contributed by atoms with Gasteiger partial charge in [-0.3, -0.25) is 19.1 Å². The number of hydrogen-bond acceptors (Lipinski definition) is 5. The Hall–Kier alpha value is -2.44.